The van der Waals surface area contributed by atoms with Gasteiger partial charge in [0.05, 0.1) is 10.7 Å². The summed E-state index contributed by atoms with van der Waals surface area (Å²) in [7, 11) is 0. The fourth-order valence-corrected chi connectivity index (χ4v) is 2.54. The minimum atomic E-state index is -2.85. The van der Waals surface area contributed by atoms with E-state index in [1.54, 1.807) is 24.3 Å². The molecule has 2 aromatic rings. The molecule has 0 saturated carbocycles. The van der Waals surface area contributed by atoms with Gasteiger partial charge in [0.1, 0.15) is 5.75 Å². The molecule has 0 aliphatic carbocycles. The SMILES string of the molecule is FC(F)Oc1ccc(NC(=S)Nc2ccc(Br)cc2Cl)cc1. The fraction of sp³-hybridized carbons (Fsp3) is 0.0714. The summed E-state index contributed by atoms with van der Waals surface area (Å²) >= 11 is 14.6. The lowest BCUT2D eigenvalue weighted by molar-refractivity contribution is -0.0498. The molecule has 0 heterocycles. The van der Waals surface area contributed by atoms with E-state index in [-0.39, 0.29) is 5.75 Å². The van der Waals surface area contributed by atoms with Crippen molar-refractivity contribution in [3.63, 3.8) is 0 Å². The topological polar surface area (TPSA) is 33.3 Å². The highest BCUT2D eigenvalue weighted by atomic mass is 79.9. The average Bonchev–Trinajstić information content (AvgIpc) is 2.43. The van der Waals surface area contributed by atoms with Gasteiger partial charge in [-0.05, 0) is 54.7 Å². The van der Waals surface area contributed by atoms with Gasteiger partial charge in [0.15, 0.2) is 5.11 Å². The molecule has 0 amide bonds. The Morgan fingerprint density at radius 3 is 2.41 bits per heavy atom. The quantitative estimate of drug-likeness (QED) is 0.655. The predicted octanol–water partition coefficient (Wildman–Crippen LogP) is 5.51. The van der Waals surface area contributed by atoms with Crippen LogP contribution in [0.2, 0.25) is 5.02 Å². The van der Waals surface area contributed by atoms with Gasteiger partial charge in [-0.2, -0.15) is 8.78 Å². The lowest BCUT2D eigenvalue weighted by Crippen LogP contribution is -2.19. The molecular formula is C14H10BrClF2N2OS. The van der Waals surface area contributed by atoms with Gasteiger partial charge in [-0.25, -0.2) is 0 Å². The first-order chi connectivity index (χ1) is 10.4. The van der Waals surface area contributed by atoms with Crippen molar-refractivity contribution in [2.75, 3.05) is 10.6 Å². The Kier molecular flexibility index (Phi) is 5.93. The monoisotopic (exact) mass is 406 g/mol. The Hall–Kier alpha value is -1.44. The van der Waals surface area contributed by atoms with E-state index in [1.165, 1.54) is 12.1 Å². The molecule has 3 nitrogen and oxygen atoms in total. The average molecular weight is 408 g/mol. The maximum absolute atomic E-state index is 12.1. The number of alkyl halides is 2. The van der Waals surface area contributed by atoms with Crippen LogP contribution < -0.4 is 15.4 Å². The highest BCUT2D eigenvalue weighted by Crippen LogP contribution is 2.26. The summed E-state index contributed by atoms with van der Waals surface area (Å²) in [4.78, 5) is 0. The number of nitrogens with one attached hydrogen (secondary N) is 2. The number of rotatable bonds is 4. The number of ether oxygens (including phenoxy) is 1. The summed E-state index contributed by atoms with van der Waals surface area (Å²) in [5.74, 6) is 0.0791. The van der Waals surface area contributed by atoms with Crippen molar-refractivity contribution in [1.82, 2.24) is 0 Å². The number of hydrogen-bond acceptors (Lipinski definition) is 2. The Bertz CT molecular complexity index is 670. The maximum atomic E-state index is 12.1. The van der Waals surface area contributed by atoms with Crippen LogP contribution in [0.5, 0.6) is 5.75 Å². The van der Waals surface area contributed by atoms with E-state index in [2.05, 4.69) is 31.3 Å². The third-order valence-electron chi connectivity index (χ3n) is 2.52. The molecule has 2 rings (SSSR count). The molecule has 0 fully saturated rings. The van der Waals surface area contributed by atoms with E-state index in [4.69, 9.17) is 23.8 Å². The van der Waals surface area contributed by atoms with E-state index in [0.717, 1.165) is 4.47 Å². The zero-order valence-corrected chi connectivity index (χ0v) is 14.1. The Morgan fingerprint density at radius 2 is 1.82 bits per heavy atom. The molecule has 0 spiro atoms. The first kappa shape index (κ1) is 16.9. The minimum Gasteiger partial charge on any atom is -0.435 e. The van der Waals surface area contributed by atoms with Crippen LogP contribution in [0.25, 0.3) is 0 Å². The van der Waals surface area contributed by atoms with Crippen molar-refractivity contribution in [3.05, 3.63) is 52.0 Å². The normalized spacial score (nSPS) is 10.4. The fourth-order valence-electron chi connectivity index (χ4n) is 1.60. The van der Waals surface area contributed by atoms with Gasteiger partial charge in [-0.1, -0.05) is 27.5 Å². The number of hydrogen-bond donors (Lipinski definition) is 2. The van der Waals surface area contributed by atoms with Crippen LogP contribution in [0.3, 0.4) is 0 Å². The van der Waals surface area contributed by atoms with Crippen LogP contribution >= 0.6 is 39.7 Å². The first-order valence-electron chi connectivity index (χ1n) is 6.02. The number of anilines is 2. The predicted molar refractivity (Wildman–Crippen MR) is 92.1 cm³/mol. The summed E-state index contributed by atoms with van der Waals surface area (Å²) < 4.78 is 29.2. The van der Waals surface area contributed by atoms with E-state index in [0.29, 0.717) is 21.5 Å². The molecule has 2 aromatic carbocycles. The molecule has 0 aliphatic heterocycles. The van der Waals surface area contributed by atoms with Crippen molar-refractivity contribution in [2.45, 2.75) is 6.61 Å². The Labute approximate surface area is 144 Å². The molecule has 116 valence electrons. The third-order valence-corrected chi connectivity index (χ3v) is 3.53. The number of halogens is 4. The highest BCUT2D eigenvalue weighted by molar-refractivity contribution is 9.10. The number of benzene rings is 2. The van der Waals surface area contributed by atoms with Gasteiger partial charge in [0.2, 0.25) is 0 Å². The second-order valence-corrected chi connectivity index (χ2v) is 5.84. The molecule has 0 radical (unpaired) electrons. The standard InChI is InChI=1S/C14H10BrClF2N2OS/c15-8-1-6-12(11(16)7-8)20-14(22)19-9-2-4-10(5-3-9)21-13(17)18/h1-7,13H,(H2,19,20,22). The van der Waals surface area contributed by atoms with Gasteiger partial charge in [0.25, 0.3) is 0 Å². The molecule has 0 aromatic heterocycles. The molecule has 0 saturated heterocycles. The minimum absolute atomic E-state index is 0.0791. The van der Waals surface area contributed by atoms with E-state index in [9.17, 15) is 8.78 Å². The second-order valence-electron chi connectivity index (χ2n) is 4.11. The van der Waals surface area contributed by atoms with Gasteiger partial charge in [0, 0.05) is 10.2 Å². The Morgan fingerprint density at radius 1 is 1.14 bits per heavy atom. The summed E-state index contributed by atoms with van der Waals surface area (Å²) in [6.07, 6.45) is 0. The molecular weight excluding hydrogens is 398 g/mol. The Balaban J connectivity index is 1.97. The van der Waals surface area contributed by atoms with Gasteiger partial charge in [-0.3, -0.25) is 0 Å². The smallest absolute Gasteiger partial charge is 0.387 e. The van der Waals surface area contributed by atoms with E-state index in [1.807, 2.05) is 6.07 Å². The maximum Gasteiger partial charge on any atom is 0.387 e. The van der Waals surface area contributed by atoms with Crippen LogP contribution in [-0.4, -0.2) is 11.7 Å². The lowest BCUT2D eigenvalue weighted by Gasteiger charge is -2.12. The van der Waals surface area contributed by atoms with Crippen LogP contribution in [0.1, 0.15) is 0 Å². The van der Waals surface area contributed by atoms with Gasteiger partial charge in [-0.15, -0.1) is 0 Å². The lowest BCUT2D eigenvalue weighted by atomic mass is 10.3. The summed E-state index contributed by atoms with van der Waals surface area (Å²) in [5.41, 5.74) is 1.28. The summed E-state index contributed by atoms with van der Waals surface area (Å²) in [6, 6.07) is 11.3. The van der Waals surface area contributed by atoms with Crippen LogP contribution in [-0.2, 0) is 0 Å². The van der Waals surface area contributed by atoms with Crippen LogP contribution in [0.4, 0.5) is 20.2 Å². The third kappa shape index (κ3) is 5.08. The first-order valence-corrected chi connectivity index (χ1v) is 7.60. The van der Waals surface area contributed by atoms with Crippen molar-refractivity contribution in [2.24, 2.45) is 0 Å². The van der Waals surface area contributed by atoms with Crippen molar-refractivity contribution in [1.29, 1.82) is 0 Å². The van der Waals surface area contributed by atoms with Gasteiger partial charge >= 0.3 is 6.61 Å². The second kappa shape index (κ2) is 7.71. The van der Waals surface area contributed by atoms with Crippen LogP contribution in [0.15, 0.2) is 46.9 Å². The largest absolute Gasteiger partial charge is 0.435 e. The van der Waals surface area contributed by atoms with Crippen molar-refractivity contribution < 1.29 is 13.5 Å². The zero-order chi connectivity index (χ0) is 16.1. The summed E-state index contributed by atoms with van der Waals surface area (Å²) in [5, 5.41) is 6.71. The summed E-state index contributed by atoms with van der Waals surface area (Å²) in [6.45, 7) is -2.85. The zero-order valence-electron chi connectivity index (χ0n) is 10.9. The van der Waals surface area contributed by atoms with E-state index < -0.39 is 6.61 Å². The molecule has 22 heavy (non-hydrogen) atoms. The van der Waals surface area contributed by atoms with Crippen molar-refractivity contribution in [3.8, 4) is 5.75 Å². The number of thiocarbonyl (C=S) groups is 1. The molecule has 0 unspecified atom stereocenters. The molecule has 0 atom stereocenters. The molecule has 8 heteroatoms. The van der Waals surface area contributed by atoms with E-state index >= 15 is 0 Å². The van der Waals surface area contributed by atoms with Crippen molar-refractivity contribution >= 4 is 56.2 Å². The van der Waals surface area contributed by atoms with Gasteiger partial charge < -0.3 is 15.4 Å². The molecule has 0 bridgehead atoms. The van der Waals surface area contributed by atoms with Crippen LogP contribution in [0, 0.1) is 0 Å². The molecule has 0 aliphatic rings. The highest BCUT2D eigenvalue weighted by Gasteiger charge is 2.06. The molecule has 2 N–H and O–H groups in total.